The molecule has 1 heterocycles. The molecule has 0 atom stereocenters. The number of carbonyl (C=O) groups excluding carboxylic acids is 1. The first-order valence-corrected chi connectivity index (χ1v) is 12.7. The molecule has 3 nitrogen and oxygen atoms in total. The van der Waals surface area contributed by atoms with E-state index in [4.69, 9.17) is 9.15 Å². The third-order valence-electron chi connectivity index (χ3n) is 6.69. The Morgan fingerprint density at radius 3 is 2.11 bits per heavy atom. The zero-order valence-electron chi connectivity index (χ0n) is 20.8. The first kappa shape index (κ1) is 23.5. The molecule has 3 heteroatoms. The van der Waals surface area contributed by atoms with Gasteiger partial charge in [-0.05, 0) is 40.3 Å². The minimum Gasteiger partial charge on any atom is -0.462 e. The molecule has 0 aliphatic carbocycles. The van der Waals surface area contributed by atoms with Crippen molar-refractivity contribution in [3.05, 3.63) is 144 Å². The molecular weight excluding hydrogens is 468 g/mol. The molecule has 0 radical (unpaired) electrons. The van der Waals surface area contributed by atoms with Crippen LogP contribution < -0.4 is 0 Å². The van der Waals surface area contributed by atoms with Gasteiger partial charge < -0.3 is 9.15 Å². The van der Waals surface area contributed by atoms with Crippen molar-refractivity contribution < 1.29 is 13.9 Å². The van der Waals surface area contributed by atoms with Gasteiger partial charge in [0.15, 0.2) is 0 Å². The van der Waals surface area contributed by atoms with Gasteiger partial charge in [0.25, 0.3) is 0 Å². The quantitative estimate of drug-likeness (QED) is 0.164. The predicted octanol–water partition coefficient (Wildman–Crippen LogP) is 8.82. The van der Waals surface area contributed by atoms with Crippen molar-refractivity contribution in [2.24, 2.45) is 0 Å². The highest BCUT2D eigenvalue weighted by Gasteiger charge is 2.09. The third-order valence-corrected chi connectivity index (χ3v) is 6.69. The highest BCUT2D eigenvalue weighted by atomic mass is 16.5. The van der Waals surface area contributed by atoms with E-state index in [-0.39, 0.29) is 5.97 Å². The van der Waals surface area contributed by atoms with E-state index >= 15 is 0 Å². The van der Waals surface area contributed by atoms with E-state index in [1.165, 1.54) is 5.39 Å². The van der Waals surface area contributed by atoms with Crippen LogP contribution in [0.5, 0.6) is 0 Å². The van der Waals surface area contributed by atoms with Crippen LogP contribution >= 0.6 is 0 Å². The first-order chi connectivity index (χ1) is 18.7. The highest BCUT2D eigenvalue weighted by molar-refractivity contribution is 6.05. The molecule has 0 spiro atoms. The summed E-state index contributed by atoms with van der Waals surface area (Å²) in [6.45, 7) is 0.366. The van der Waals surface area contributed by atoms with E-state index in [1.807, 2.05) is 60.7 Å². The molecule has 38 heavy (non-hydrogen) atoms. The topological polar surface area (TPSA) is 39.4 Å². The normalized spacial score (nSPS) is 11.4. The number of furan rings is 1. The molecule has 0 fully saturated rings. The van der Waals surface area contributed by atoms with Crippen LogP contribution in [0, 0.1) is 0 Å². The lowest BCUT2D eigenvalue weighted by molar-refractivity contribution is 0.0509. The van der Waals surface area contributed by atoms with Gasteiger partial charge in [0.2, 0.25) is 0 Å². The second-order valence-electron chi connectivity index (χ2n) is 9.26. The number of hydrogen-bond acceptors (Lipinski definition) is 3. The summed E-state index contributed by atoms with van der Waals surface area (Å²) in [7, 11) is 0. The Balaban J connectivity index is 1.09. The van der Waals surface area contributed by atoms with Gasteiger partial charge in [0, 0.05) is 22.8 Å². The first-order valence-electron chi connectivity index (χ1n) is 12.7. The average molecular weight is 495 g/mol. The largest absolute Gasteiger partial charge is 0.462 e. The summed E-state index contributed by atoms with van der Waals surface area (Å²) in [5.74, 6) is 0.559. The number of esters is 1. The molecule has 5 aromatic carbocycles. The van der Waals surface area contributed by atoms with Gasteiger partial charge in [-0.15, -0.1) is 0 Å². The molecule has 0 N–H and O–H groups in total. The average Bonchev–Trinajstić information content (AvgIpc) is 3.42. The van der Waals surface area contributed by atoms with Crippen LogP contribution in [0.3, 0.4) is 0 Å². The summed E-state index contributed by atoms with van der Waals surface area (Å²) >= 11 is 0. The molecule has 0 aliphatic heterocycles. The Bertz CT molecular complexity index is 1720. The number of fused-ring (bicyclic) bond motifs is 3. The molecule has 0 unspecified atom stereocenters. The number of hydrogen-bond donors (Lipinski definition) is 0. The van der Waals surface area contributed by atoms with Gasteiger partial charge in [-0.3, -0.25) is 0 Å². The van der Waals surface area contributed by atoms with Crippen molar-refractivity contribution in [3.63, 3.8) is 0 Å². The standard InChI is InChI=1S/C35H26O3/c36-35(37-23-22-25-6-2-1-3-7-25)30-18-14-27(15-19-30)11-10-26-12-16-29(17-13-26)33-24-31-21-20-28-8-4-5-9-32(28)34(31)38-33/h1-21,24H,22-23H2. The van der Waals surface area contributed by atoms with Crippen LogP contribution in [0.4, 0.5) is 0 Å². The molecule has 184 valence electrons. The fourth-order valence-corrected chi connectivity index (χ4v) is 4.58. The molecule has 6 rings (SSSR count). The Morgan fingerprint density at radius 2 is 1.34 bits per heavy atom. The minimum absolute atomic E-state index is 0.300. The lowest BCUT2D eigenvalue weighted by Crippen LogP contribution is -2.08. The molecule has 1 aromatic heterocycles. The number of benzene rings is 5. The molecular formula is C35H26O3. The monoisotopic (exact) mass is 494 g/mol. The fourth-order valence-electron chi connectivity index (χ4n) is 4.58. The summed E-state index contributed by atoms with van der Waals surface area (Å²) in [5, 5.41) is 3.41. The molecule has 6 aromatic rings. The second kappa shape index (κ2) is 10.6. The maximum atomic E-state index is 12.3. The molecule has 0 saturated carbocycles. The zero-order chi connectivity index (χ0) is 25.7. The number of ether oxygens (including phenoxy) is 1. The van der Waals surface area contributed by atoms with Crippen LogP contribution in [0.25, 0.3) is 45.2 Å². The summed E-state index contributed by atoms with van der Waals surface area (Å²) in [4.78, 5) is 12.3. The lowest BCUT2D eigenvalue weighted by Gasteiger charge is -2.05. The summed E-state index contributed by atoms with van der Waals surface area (Å²) < 4.78 is 11.7. The summed E-state index contributed by atoms with van der Waals surface area (Å²) in [5.41, 5.74) is 5.76. The third kappa shape index (κ3) is 5.14. The van der Waals surface area contributed by atoms with Gasteiger partial charge in [-0.1, -0.05) is 115 Å². The van der Waals surface area contributed by atoms with Crippen molar-refractivity contribution >= 4 is 39.9 Å². The number of carbonyl (C=O) groups is 1. The van der Waals surface area contributed by atoms with Crippen molar-refractivity contribution in [3.8, 4) is 11.3 Å². The minimum atomic E-state index is -0.300. The smallest absolute Gasteiger partial charge is 0.338 e. The van der Waals surface area contributed by atoms with Gasteiger partial charge in [0.1, 0.15) is 11.3 Å². The van der Waals surface area contributed by atoms with Crippen molar-refractivity contribution in [1.29, 1.82) is 0 Å². The second-order valence-corrected chi connectivity index (χ2v) is 9.26. The van der Waals surface area contributed by atoms with Gasteiger partial charge >= 0.3 is 5.97 Å². The predicted molar refractivity (Wildman–Crippen MR) is 155 cm³/mol. The molecule has 0 saturated heterocycles. The molecule has 0 amide bonds. The van der Waals surface area contributed by atoms with Gasteiger partial charge in [0.05, 0.1) is 12.2 Å². The van der Waals surface area contributed by atoms with Crippen LogP contribution in [-0.4, -0.2) is 12.6 Å². The Hall–Kier alpha value is -4.89. The Kier molecular flexibility index (Phi) is 6.57. The Morgan fingerprint density at radius 1 is 0.684 bits per heavy atom. The van der Waals surface area contributed by atoms with E-state index < -0.39 is 0 Å². The summed E-state index contributed by atoms with van der Waals surface area (Å²) in [6, 6.07) is 40.4. The van der Waals surface area contributed by atoms with E-state index in [0.717, 1.165) is 44.4 Å². The van der Waals surface area contributed by atoms with Crippen molar-refractivity contribution in [2.75, 3.05) is 6.61 Å². The van der Waals surface area contributed by atoms with Crippen molar-refractivity contribution in [1.82, 2.24) is 0 Å². The van der Waals surface area contributed by atoms with Crippen LogP contribution in [-0.2, 0) is 11.2 Å². The SMILES string of the molecule is O=C(OCCc1ccccc1)c1ccc(C=Cc2ccc(-c3cc4ccc5ccccc5c4o3)cc2)cc1. The van der Waals surface area contributed by atoms with E-state index in [0.29, 0.717) is 18.6 Å². The maximum absolute atomic E-state index is 12.3. The van der Waals surface area contributed by atoms with Crippen molar-refractivity contribution in [2.45, 2.75) is 6.42 Å². The van der Waals surface area contributed by atoms with Crippen LogP contribution in [0.15, 0.2) is 126 Å². The van der Waals surface area contributed by atoms with E-state index in [1.54, 1.807) is 12.1 Å². The van der Waals surface area contributed by atoms with E-state index in [9.17, 15) is 4.79 Å². The van der Waals surface area contributed by atoms with Crippen LogP contribution in [0.1, 0.15) is 27.0 Å². The van der Waals surface area contributed by atoms with E-state index in [2.05, 4.69) is 60.7 Å². The van der Waals surface area contributed by atoms with Crippen LogP contribution in [0.2, 0.25) is 0 Å². The highest BCUT2D eigenvalue weighted by Crippen LogP contribution is 2.33. The van der Waals surface area contributed by atoms with Gasteiger partial charge in [-0.2, -0.15) is 0 Å². The number of rotatable bonds is 7. The fraction of sp³-hybridized carbons (Fsp3) is 0.0571. The van der Waals surface area contributed by atoms with Gasteiger partial charge in [-0.25, -0.2) is 4.79 Å². The zero-order valence-corrected chi connectivity index (χ0v) is 20.8. The Labute approximate surface area is 221 Å². The maximum Gasteiger partial charge on any atom is 0.338 e. The molecule has 0 bridgehead atoms. The molecule has 0 aliphatic rings. The lowest BCUT2D eigenvalue weighted by atomic mass is 10.1. The summed E-state index contributed by atoms with van der Waals surface area (Å²) in [6.07, 6.45) is 4.80.